The largest absolute Gasteiger partial charge is 0.0622 e. The van der Waals surface area contributed by atoms with Gasteiger partial charge in [-0.3, -0.25) is 0 Å². The summed E-state index contributed by atoms with van der Waals surface area (Å²) in [5.74, 6) is 0. The summed E-state index contributed by atoms with van der Waals surface area (Å²) in [6.45, 7) is 0. The lowest BCUT2D eigenvalue weighted by molar-refractivity contribution is 0.734. The van der Waals surface area contributed by atoms with Crippen LogP contribution in [0.2, 0.25) is 0 Å². The van der Waals surface area contributed by atoms with Crippen molar-refractivity contribution in [3.05, 3.63) is 144 Å². The molecule has 0 aliphatic rings. The maximum Gasteiger partial charge on any atom is -0.0279 e. The van der Waals surface area contributed by atoms with Gasteiger partial charge in [-0.2, -0.15) is 0 Å². The van der Waals surface area contributed by atoms with Gasteiger partial charge in [-0.1, -0.05) is 121 Å². The van der Waals surface area contributed by atoms with E-state index >= 15 is 0 Å². The number of hydrogen-bond donors (Lipinski definition) is 0. The minimum atomic E-state index is 1.20. The van der Waals surface area contributed by atoms with Gasteiger partial charge in [0.1, 0.15) is 0 Å². The van der Waals surface area contributed by atoms with E-state index in [1.165, 1.54) is 73.6 Å². The average molecular weight is 421 g/mol. The second kappa shape index (κ2) is 14.8. The first-order valence-electron chi connectivity index (χ1n) is 12.1. The van der Waals surface area contributed by atoms with Crippen molar-refractivity contribution in [1.82, 2.24) is 0 Å². The van der Waals surface area contributed by atoms with E-state index in [1.807, 2.05) is 0 Å². The Morgan fingerprint density at radius 1 is 0.250 bits per heavy atom. The highest BCUT2D eigenvalue weighted by Crippen LogP contribution is 2.10. The zero-order valence-electron chi connectivity index (χ0n) is 19.2. The van der Waals surface area contributed by atoms with Crippen LogP contribution in [0.1, 0.15) is 47.9 Å². The Morgan fingerprint density at radius 3 is 0.625 bits per heavy atom. The molecule has 0 aliphatic heterocycles. The molecule has 4 aromatic carbocycles. The Morgan fingerprint density at radius 2 is 0.438 bits per heavy atom. The zero-order chi connectivity index (χ0) is 22.1. The normalized spacial score (nSPS) is 10.2. The van der Waals surface area contributed by atoms with Crippen molar-refractivity contribution in [3.8, 4) is 0 Å². The van der Waals surface area contributed by atoms with Gasteiger partial charge in [0.15, 0.2) is 0 Å². The molecule has 0 bridgehead atoms. The predicted molar refractivity (Wildman–Crippen MR) is 139 cm³/mol. The van der Waals surface area contributed by atoms with Crippen molar-refractivity contribution >= 4 is 0 Å². The summed E-state index contributed by atoms with van der Waals surface area (Å²) < 4.78 is 0. The minimum absolute atomic E-state index is 1.20. The number of aryl methyl sites for hydroxylation is 4. The van der Waals surface area contributed by atoms with Crippen LogP contribution < -0.4 is 0 Å². The van der Waals surface area contributed by atoms with Crippen LogP contribution in [0.3, 0.4) is 0 Å². The highest BCUT2D eigenvalue weighted by Gasteiger charge is 1.95. The molecule has 0 unspecified atom stereocenters. The van der Waals surface area contributed by atoms with Crippen LogP contribution in [0.4, 0.5) is 0 Å². The van der Waals surface area contributed by atoms with Gasteiger partial charge >= 0.3 is 0 Å². The Bertz CT molecular complexity index is 778. The molecule has 0 aromatic heterocycles. The summed E-state index contributed by atoms with van der Waals surface area (Å²) >= 11 is 0. The van der Waals surface area contributed by atoms with Crippen LogP contribution in [-0.2, 0) is 25.7 Å². The van der Waals surface area contributed by atoms with Crippen molar-refractivity contribution in [2.24, 2.45) is 0 Å². The minimum Gasteiger partial charge on any atom is -0.0622 e. The number of hydrogen-bond acceptors (Lipinski definition) is 0. The molecule has 0 heteroatoms. The zero-order valence-corrected chi connectivity index (χ0v) is 19.2. The molecule has 0 saturated carbocycles. The van der Waals surface area contributed by atoms with Gasteiger partial charge in [0.2, 0.25) is 0 Å². The summed E-state index contributed by atoms with van der Waals surface area (Å²) in [7, 11) is 0. The highest BCUT2D eigenvalue weighted by atomic mass is 14.0. The standard InChI is InChI=1S/2C16H18/c2*1-3-9-15(10-4-1)13-7-8-14-16-11-5-2-6-12-16/h2*1-6,9-12H,7-8,13-14H2. The number of rotatable bonds is 10. The van der Waals surface area contributed by atoms with Crippen LogP contribution >= 0.6 is 0 Å². The first-order chi connectivity index (χ1) is 15.9. The van der Waals surface area contributed by atoms with Gasteiger partial charge in [0, 0.05) is 0 Å². The van der Waals surface area contributed by atoms with Crippen LogP contribution in [0.5, 0.6) is 0 Å². The van der Waals surface area contributed by atoms with Gasteiger partial charge < -0.3 is 0 Å². The second-order valence-electron chi connectivity index (χ2n) is 8.36. The van der Waals surface area contributed by atoms with Crippen molar-refractivity contribution < 1.29 is 0 Å². The molecule has 32 heavy (non-hydrogen) atoms. The van der Waals surface area contributed by atoms with Gasteiger partial charge in [-0.05, 0) is 73.6 Å². The molecule has 4 rings (SSSR count). The Labute approximate surface area is 195 Å². The monoisotopic (exact) mass is 420 g/mol. The SMILES string of the molecule is c1ccc(CCCCc2ccccc2)cc1.c1ccc(CCCCc2ccccc2)cc1. The topological polar surface area (TPSA) is 0 Å². The molecule has 0 atom stereocenters. The molecular formula is C32H36. The van der Waals surface area contributed by atoms with Crippen molar-refractivity contribution in [2.75, 3.05) is 0 Å². The first-order valence-corrected chi connectivity index (χ1v) is 12.1. The molecule has 0 radical (unpaired) electrons. The van der Waals surface area contributed by atoms with Gasteiger partial charge in [0.05, 0.1) is 0 Å². The molecular weight excluding hydrogens is 384 g/mol. The predicted octanol–water partition coefficient (Wildman–Crippen LogP) is 8.50. The Hall–Kier alpha value is -3.12. The van der Waals surface area contributed by atoms with E-state index in [0.717, 1.165) is 0 Å². The molecule has 4 aromatic rings. The van der Waals surface area contributed by atoms with Crippen molar-refractivity contribution in [2.45, 2.75) is 51.4 Å². The van der Waals surface area contributed by atoms with Crippen LogP contribution in [0, 0.1) is 0 Å². The van der Waals surface area contributed by atoms with Gasteiger partial charge in [0.25, 0.3) is 0 Å². The van der Waals surface area contributed by atoms with E-state index in [9.17, 15) is 0 Å². The van der Waals surface area contributed by atoms with E-state index < -0.39 is 0 Å². The lowest BCUT2D eigenvalue weighted by Crippen LogP contribution is -1.88. The summed E-state index contributed by atoms with van der Waals surface area (Å²) in [4.78, 5) is 0. The fourth-order valence-electron chi connectivity index (χ4n) is 3.90. The van der Waals surface area contributed by atoms with E-state index in [-0.39, 0.29) is 0 Å². The van der Waals surface area contributed by atoms with Gasteiger partial charge in [-0.25, -0.2) is 0 Å². The van der Waals surface area contributed by atoms with E-state index in [1.54, 1.807) is 0 Å². The lowest BCUT2D eigenvalue weighted by atomic mass is 10.0. The molecule has 0 saturated heterocycles. The molecule has 0 spiro atoms. The lowest BCUT2D eigenvalue weighted by Gasteiger charge is -2.02. The maximum absolute atomic E-state index is 2.21. The highest BCUT2D eigenvalue weighted by molar-refractivity contribution is 5.17. The van der Waals surface area contributed by atoms with Crippen molar-refractivity contribution in [3.63, 3.8) is 0 Å². The third-order valence-corrected chi connectivity index (χ3v) is 5.73. The van der Waals surface area contributed by atoms with Crippen LogP contribution in [-0.4, -0.2) is 0 Å². The molecule has 0 amide bonds. The summed E-state index contributed by atoms with van der Waals surface area (Å²) in [6, 6.07) is 42.9. The molecule has 0 aliphatic carbocycles. The molecule has 0 fully saturated rings. The van der Waals surface area contributed by atoms with Crippen molar-refractivity contribution in [1.29, 1.82) is 0 Å². The molecule has 164 valence electrons. The molecule has 0 N–H and O–H groups in total. The van der Waals surface area contributed by atoms with E-state index in [0.29, 0.717) is 0 Å². The fourth-order valence-corrected chi connectivity index (χ4v) is 3.90. The average Bonchev–Trinajstić information content (AvgIpc) is 2.88. The summed E-state index contributed by atoms with van der Waals surface area (Å²) in [6.07, 6.45) is 9.92. The van der Waals surface area contributed by atoms with Crippen LogP contribution in [0.15, 0.2) is 121 Å². The quantitative estimate of drug-likeness (QED) is 0.226. The number of benzene rings is 4. The second-order valence-corrected chi connectivity index (χ2v) is 8.36. The number of unbranched alkanes of at least 4 members (excludes halogenated alkanes) is 2. The molecule has 0 nitrogen and oxygen atoms in total. The summed E-state index contributed by atoms with van der Waals surface area (Å²) in [5.41, 5.74) is 5.82. The van der Waals surface area contributed by atoms with Gasteiger partial charge in [-0.15, -0.1) is 0 Å². The first kappa shape index (κ1) is 23.5. The Balaban J connectivity index is 0.000000181. The van der Waals surface area contributed by atoms with Crippen LogP contribution in [0.25, 0.3) is 0 Å². The maximum atomic E-state index is 2.21. The third kappa shape index (κ3) is 9.79. The smallest absolute Gasteiger partial charge is 0.0279 e. The van der Waals surface area contributed by atoms with E-state index in [4.69, 9.17) is 0 Å². The third-order valence-electron chi connectivity index (χ3n) is 5.73. The van der Waals surface area contributed by atoms with E-state index in [2.05, 4.69) is 121 Å². The Kier molecular flexibility index (Phi) is 10.9. The molecule has 0 heterocycles. The summed E-state index contributed by atoms with van der Waals surface area (Å²) in [5, 5.41) is 0. The fraction of sp³-hybridized carbons (Fsp3) is 0.250.